The zero-order valence-electron chi connectivity index (χ0n) is 13.4. The zero-order chi connectivity index (χ0) is 15.3. The Morgan fingerprint density at radius 3 is 2.55 bits per heavy atom. The molecular formula is C15H28N2O3. The van der Waals surface area contributed by atoms with Crippen LogP contribution in [0, 0.1) is 5.92 Å². The topological polar surface area (TPSA) is 58.6 Å². The van der Waals surface area contributed by atoms with Gasteiger partial charge in [-0.15, -0.1) is 0 Å². The third kappa shape index (κ3) is 5.39. The summed E-state index contributed by atoms with van der Waals surface area (Å²) in [7, 11) is 0. The van der Waals surface area contributed by atoms with Crippen LogP contribution in [0.15, 0.2) is 0 Å². The second-order valence-corrected chi connectivity index (χ2v) is 6.61. The summed E-state index contributed by atoms with van der Waals surface area (Å²) in [6, 6.07) is 0.0821. The maximum absolute atomic E-state index is 11.9. The molecular weight excluding hydrogens is 256 g/mol. The number of nitrogens with zero attached hydrogens (tertiary/aromatic N) is 1. The molecule has 20 heavy (non-hydrogen) atoms. The smallest absolute Gasteiger partial charge is 0.407 e. The first kappa shape index (κ1) is 16.8. The van der Waals surface area contributed by atoms with Crippen LogP contribution in [-0.2, 0) is 9.53 Å². The van der Waals surface area contributed by atoms with Crippen molar-refractivity contribution in [1.82, 2.24) is 10.2 Å². The van der Waals surface area contributed by atoms with E-state index >= 15 is 0 Å². The maximum atomic E-state index is 11.9. The first-order chi connectivity index (χ1) is 9.23. The van der Waals surface area contributed by atoms with Gasteiger partial charge >= 0.3 is 6.09 Å². The average Bonchev–Trinajstić information content (AvgIpc) is 2.33. The molecule has 0 radical (unpaired) electrons. The third-order valence-corrected chi connectivity index (χ3v) is 3.48. The summed E-state index contributed by atoms with van der Waals surface area (Å²) in [4.78, 5) is 25.5. The van der Waals surface area contributed by atoms with Crippen LogP contribution in [0.3, 0.4) is 0 Å². The lowest BCUT2D eigenvalue weighted by Crippen LogP contribution is -2.51. The van der Waals surface area contributed by atoms with Gasteiger partial charge in [0.2, 0.25) is 5.91 Å². The molecule has 0 bridgehead atoms. The Balaban J connectivity index is 2.53. The van der Waals surface area contributed by atoms with Crippen LogP contribution in [0.5, 0.6) is 0 Å². The van der Waals surface area contributed by atoms with E-state index in [1.807, 2.05) is 32.6 Å². The third-order valence-electron chi connectivity index (χ3n) is 3.48. The summed E-state index contributed by atoms with van der Waals surface area (Å²) in [6.45, 7) is 10.8. The largest absolute Gasteiger partial charge is 0.444 e. The van der Waals surface area contributed by atoms with Crippen molar-refractivity contribution in [2.24, 2.45) is 5.92 Å². The van der Waals surface area contributed by atoms with Crippen LogP contribution < -0.4 is 5.32 Å². The van der Waals surface area contributed by atoms with Crippen LogP contribution in [0.25, 0.3) is 0 Å². The van der Waals surface area contributed by atoms with Crippen molar-refractivity contribution in [2.75, 3.05) is 13.1 Å². The number of ether oxygens (including phenoxy) is 1. The normalized spacial score (nSPS) is 23.4. The van der Waals surface area contributed by atoms with E-state index in [9.17, 15) is 9.59 Å². The number of alkyl carbamates (subject to hydrolysis) is 1. The van der Waals surface area contributed by atoms with Gasteiger partial charge < -0.3 is 15.0 Å². The van der Waals surface area contributed by atoms with Crippen molar-refractivity contribution in [1.29, 1.82) is 0 Å². The lowest BCUT2D eigenvalue weighted by atomic mass is 9.92. The minimum Gasteiger partial charge on any atom is -0.444 e. The Labute approximate surface area is 122 Å². The van der Waals surface area contributed by atoms with Gasteiger partial charge in [0.25, 0.3) is 0 Å². The number of hydrogen-bond acceptors (Lipinski definition) is 3. The summed E-state index contributed by atoms with van der Waals surface area (Å²) in [5.74, 6) is 0.745. The zero-order valence-corrected chi connectivity index (χ0v) is 13.4. The molecule has 0 aliphatic carbocycles. The van der Waals surface area contributed by atoms with Gasteiger partial charge in [-0.25, -0.2) is 4.79 Å². The van der Waals surface area contributed by atoms with Gasteiger partial charge in [-0.05, 0) is 39.5 Å². The molecule has 0 saturated carbocycles. The molecule has 2 amide bonds. The van der Waals surface area contributed by atoms with E-state index < -0.39 is 11.7 Å². The monoisotopic (exact) mass is 284 g/mol. The van der Waals surface area contributed by atoms with Crippen molar-refractivity contribution in [2.45, 2.75) is 65.5 Å². The van der Waals surface area contributed by atoms with E-state index in [2.05, 4.69) is 12.2 Å². The van der Waals surface area contributed by atoms with E-state index in [-0.39, 0.29) is 11.9 Å². The van der Waals surface area contributed by atoms with Gasteiger partial charge in [-0.1, -0.05) is 13.8 Å². The Morgan fingerprint density at radius 2 is 2.00 bits per heavy atom. The van der Waals surface area contributed by atoms with Gasteiger partial charge in [-0.3, -0.25) is 4.79 Å². The molecule has 1 N–H and O–H groups in total. The molecule has 1 aliphatic heterocycles. The highest BCUT2D eigenvalue weighted by atomic mass is 16.6. The molecule has 0 spiro atoms. The lowest BCUT2D eigenvalue weighted by molar-refractivity contribution is -0.135. The molecule has 0 aromatic rings. The van der Waals surface area contributed by atoms with Crippen LogP contribution in [-0.4, -0.2) is 41.6 Å². The van der Waals surface area contributed by atoms with Crippen molar-refractivity contribution in [3.8, 4) is 0 Å². The predicted octanol–water partition coefficient (Wildman–Crippen LogP) is 2.55. The SMILES string of the molecule is CCC(=O)N1CC[C@@H](C)C[C@H]1CNC(=O)OC(C)(C)C. The predicted molar refractivity (Wildman–Crippen MR) is 78.4 cm³/mol. The summed E-state index contributed by atoms with van der Waals surface area (Å²) < 4.78 is 5.22. The number of carbonyl (C=O) groups is 2. The number of hydrogen-bond donors (Lipinski definition) is 1. The molecule has 1 aliphatic rings. The van der Waals surface area contributed by atoms with Crippen molar-refractivity contribution < 1.29 is 14.3 Å². The summed E-state index contributed by atoms with van der Waals surface area (Å²) >= 11 is 0. The second-order valence-electron chi connectivity index (χ2n) is 6.61. The minimum atomic E-state index is -0.497. The fourth-order valence-electron chi connectivity index (χ4n) is 2.49. The Kier molecular flexibility index (Phi) is 5.84. The lowest BCUT2D eigenvalue weighted by Gasteiger charge is -2.38. The van der Waals surface area contributed by atoms with Crippen molar-refractivity contribution in [3.05, 3.63) is 0 Å². The standard InChI is InChI=1S/C15H28N2O3/c1-6-13(18)17-8-7-11(2)9-12(17)10-16-14(19)20-15(3,4)5/h11-12H,6-10H2,1-5H3,(H,16,19)/t11-,12+/m1/s1. The molecule has 1 rings (SSSR count). The molecule has 0 unspecified atom stereocenters. The highest BCUT2D eigenvalue weighted by Gasteiger charge is 2.29. The molecule has 2 atom stereocenters. The van der Waals surface area contributed by atoms with Crippen LogP contribution in [0.1, 0.15) is 53.9 Å². The van der Waals surface area contributed by atoms with E-state index in [0.717, 1.165) is 19.4 Å². The van der Waals surface area contributed by atoms with Gasteiger partial charge in [0.15, 0.2) is 0 Å². The van der Waals surface area contributed by atoms with E-state index in [1.54, 1.807) is 0 Å². The minimum absolute atomic E-state index is 0.0821. The maximum Gasteiger partial charge on any atom is 0.407 e. The number of piperidine rings is 1. The summed E-state index contributed by atoms with van der Waals surface area (Å²) in [5, 5.41) is 2.78. The molecule has 0 aromatic heterocycles. The summed E-state index contributed by atoms with van der Waals surface area (Å²) in [5.41, 5.74) is -0.497. The number of likely N-dealkylation sites (tertiary alicyclic amines) is 1. The van der Waals surface area contributed by atoms with Crippen molar-refractivity contribution >= 4 is 12.0 Å². The molecule has 1 saturated heterocycles. The number of nitrogens with one attached hydrogen (secondary N) is 1. The molecule has 116 valence electrons. The van der Waals surface area contributed by atoms with Crippen LogP contribution >= 0.6 is 0 Å². The quantitative estimate of drug-likeness (QED) is 0.866. The first-order valence-electron chi connectivity index (χ1n) is 7.49. The Bertz CT molecular complexity index is 350. The molecule has 5 heteroatoms. The molecule has 0 aromatic carbocycles. The number of amides is 2. The van der Waals surface area contributed by atoms with E-state index in [1.165, 1.54) is 0 Å². The number of carbonyl (C=O) groups excluding carboxylic acids is 2. The molecule has 5 nitrogen and oxygen atoms in total. The van der Waals surface area contributed by atoms with Gasteiger partial charge in [-0.2, -0.15) is 0 Å². The van der Waals surface area contributed by atoms with Gasteiger partial charge in [0.05, 0.1) is 0 Å². The fraction of sp³-hybridized carbons (Fsp3) is 0.867. The highest BCUT2D eigenvalue weighted by Crippen LogP contribution is 2.22. The first-order valence-corrected chi connectivity index (χ1v) is 7.49. The van der Waals surface area contributed by atoms with E-state index in [0.29, 0.717) is 18.9 Å². The van der Waals surface area contributed by atoms with Crippen LogP contribution in [0.4, 0.5) is 4.79 Å². The number of rotatable bonds is 3. The molecule has 1 heterocycles. The van der Waals surface area contributed by atoms with Crippen molar-refractivity contribution in [3.63, 3.8) is 0 Å². The van der Waals surface area contributed by atoms with E-state index in [4.69, 9.17) is 4.74 Å². The molecule has 1 fully saturated rings. The Hall–Kier alpha value is -1.26. The van der Waals surface area contributed by atoms with Crippen LogP contribution in [0.2, 0.25) is 0 Å². The van der Waals surface area contributed by atoms with Gasteiger partial charge in [0.1, 0.15) is 5.60 Å². The fourth-order valence-corrected chi connectivity index (χ4v) is 2.49. The highest BCUT2D eigenvalue weighted by molar-refractivity contribution is 5.76. The van der Waals surface area contributed by atoms with Gasteiger partial charge in [0, 0.05) is 25.6 Å². The Morgan fingerprint density at radius 1 is 1.35 bits per heavy atom. The summed E-state index contributed by atoms with van der Waals surface area (Å²) in [6.07, 6.45) is 2.06. The average molecular weight is 284 g/mol. The second kappa shape index (κ2) is 6.95.